The Morgan fingerprint density at radius 2 is 1.69 bits per heavy atom. The molecular formula is C19H27NO5Si. The van der Waals surface area contributed by atoms with Crippen molar-refractivity contribution in [1.29, 1.82) is 0 Å². The second kappa shape index (κ2) is 7.15. The third kappa shape index (κ3) is 4.27. The predicted octanol–water partition coefficient (Wildman–Crippen LogP) is 4.29. The van der Waals surface area contributed by atoms with Gasteiger partial charge in [0.1, 0.15) is 5.75 Å². The summed E-state index contributed by atoms with van der Waals surface area (Å²) in [7, 11) is -1.93. The maximum Gasteiger partial charge on any atom is 0.407 e. The fourth-order valence-corrected chi connectivity index (χ4v) is 3.64. The Morgan fingerprint density at radius 1 is 1.12 bits per heavy atom. The van der Waals surface area contributed by atoms with E-state index in [0.29, 0.717) is 18.5 Å². The highest BCUT2D eigenvalue weighted by Crippen LogP contribution is 2.38. The average Bonchev–Trinajstić information content (AvgIpc) is 2.53. The number of rotatable bonds is 4. The zero-order valence-corrected chi connectivity index (χ0v) is 17.0. The van der Waals surface area contributed by atoms with E-state index in [1.54, 1.807) is 0 Å². The SMILES string of the molecule is CC(C)(C)[Si](C)(C)Oc1ccc(C2=C(C(=O)O)CN(C(=O)O)CC2)cc1. The molecule has 0 saturated heterocycles. The van der Waals surface area contributed by atoms with Crippen LogP contribution >= 0.6 is 0 Å². The summed E-state index contributed by atoms with van der Waals surface area (Å²) in [5, 5.41) is 18.7. The lowest BCUT2D eigenvalue weighted by Gasteiger charge is -2.36. The molecule has 0 aliphatic carbocycles. The summed E-state index contributed by atoms with van der Waals surface area (Å²) in [6, 6.07) is 7.45. The van der Waals surface area contributed by atoms with Crippen LogP contribution in [0.15, 0.2) is 29.8 Å². The van der Waals surface area contributed by atoms with Crippen LogP contribution in [0.4, 0.5) is 4.79 Å². The van der Waals surface area contributed by atoms with Crippen LogP contribution in [0.2, 0.25) is 18.1 Å². The Balaban J connectivity index is 2.28. The van der Waals surface area contributed by atoms with Crippen LogP contribution < -0.4 is 4.43 Å². The van der Waals surface area contributed by atoms with Crippen LogP contribution in [0.3, 0.4) is 0 Å². The van der Waals surface area contributed by atoms with Crippen molar-refractivity contribution in [3.05, 3.63) is 35.4 Å². The van der Waals surface area contributed by atoms with Crippen molar-refractivity contribution in [2.75, 3.05) is 13.1 Å². The zero-order chi connectivity index (χ0) is 19.7. The molecule has 0 radical (unpaired) electrons. The third-order valence-corrected chi connectivity index (χ3v) is 9.61. The average molecular weight is 378 g/mol. The van der Waals surface area contributed by atoms with Gasteiger partial charge in [0.15, 0.2) is 0 Å². The molecule has 0 unspecified atom stereocenters. The zero-order valence-electron chi connectivity index (χ0n) is 16.0. The highest BCUT2D eigenvalue weighted by Gasteiger charge is 2.39. The number of nitrogens with zero attached hydrogens (tertiary/aromatic N) is 1. The molecule has 0 saturated carbocycles. The quantitative estimate of drug-likeness (QED) is 0.764. The number of hydrogen-bond acceptors (Lipinski definition) is 3. The number of carboxylic acids is 1. The summed E-state index contributed by atoms with van der Waals surface area (Å²) >= 11 is 0. The molecule has 2 rings (SSSR count). The van der Waals surface area contributed by atoms with Gasteiger partial charge in [-0.3, -0.25) is 0 Å². The van der Waals surface area contributed by atoms with Crippen molar-refractivity contribution in [2.24, 2.45) is 0 Å². The molecule has 7 heteroatoms. The summed E-state index contributed by atoms with van der Waals surface area (Å²) in [6.07, 6.45) is -0.711. The van der Waals surface area contributed by atoms with Crippen molar-refractivity contribution in [2.45, 2.75) is 45.3 Å². The number of hydrogen-bond donors (Lipinski definition) is 2. The molecule has 6 nitrogen and oxygen atoms in total. The summed E-state index contributed by atoms with van der Waals surface area (Å²) in [5.41, 5.74) is 1.63. The van der Waals surface area contributed by atoms with Crippen molar-refractivity contribution < 1.29 is 24.2 Å². The van der Waals surface area contributed by atoms with Crippen molar-refractivity contribution in [3.63, 3.8) is 0 Å². The number of aliphatic carboxylic acids is 1. The van der Waals surface area contributed by atoms with Gasteiger partial charge in [-0.15, -0.1) is 0 Å². The van der Waals surface area contributed by atoms with Gasteiger partial charge in [0.05, 0.1) is 12.1 Å². The van der Waals surface area contributed by atoms with E-state index in [1.165, 1.54) is 0 Å². The van der Waals surface area contributed by atoms with E-state index in [1.807, 2.05) is 24.3 Å². The largest absolute Gasteiger partial charge is 0.544 e. The van der Waals surface area contributed by atoms with Crippen molar-refractivity contribution >= 4 is 26.0 Å². The van der Waals surface area contributed by atoms with Crippen LogP contribution in [0.1, 0.15) is 32.8 Å². The fraction of sp³-hybridized carbons (Fsp3) is 0.474. The van der Waals surface area contributed by atoms with E-state index in [4.69, 9.17) is 9.53 Å². The van der Waals surface area contributed by atoms with Gasteiger partial charge in [0.2, 0.25) is 8.32 Å². The van der Waals surface area contributed by atoms with Gasteiger partial charge >= 0.3 is 12.1 Å². The molecule has 1 amide bonds. The fourth-order valence-electron chi connectivity index (χ4n) is 2.61. The second-order valence-corrected chi connectivity index (χ2v) is 12.8. The van der Waals surface area contributed by atoms with Gasteiger partial charge in [-0.2, -0.15) is 0 Å². The highest BCUT2D eigenvalue weighted by atomic mass is 28.4. The molecule has 142 valence electrons. The lowest BCUT2D eigenvalue weighted by atomic mass is 9.93. The topological polar surface area (TPSA) is 87.1 Å². The van der Waals surface area contributed by atoms with Crippen LogP contribution in [0.5, 0.6) is 5.75 Å². The Labute approximate surface area is 155 Å². The minimum absolute atomic E-state index is 0.0916. The van der Waals surface area contributed by atoms with Gasteiger partial charge < -0.3 is 19.5 Å². The Hall–Kier alpha value is -2.28. The van der Waals surface area contributed by atoms with Gasteiger partial charge in [-0.05, 0) is 47.8 Å². The molecule has 0 fully saturated rings. The van der Waals surface area contributed by atoms with E-state index in [2.05, 4.69) is 33.9 Å². The summed E-state index contributed by atoms with van der Waals surface area (Å²) in [4.78, 5) is 23.8. The molecule has 1 aromatic rings. The number of carbonyl (C=O) groups is 2. The maximum atomic E-state index is 11.6. The van der Waals surface area contributed by atoms with Crippen LogP contribution in [-0.2, 0) is 4.79 Å². The normalized spacial score (nSPS) is 15.8. The first kappa shape index (κ1) is 20.0. The first-order valence-corrected chi connectivity index (χ1v) is 11.6. The summed E-state index contributed by atoms with van der Waals surface area (Å²) < 4.78 is 6.25. The summed E-state index contributed by atoms with van der Waals surface area (Å²) in [6.45, 7) is 11.1. The number of benzene rings is 1. The first-order valence-electron chi connectivity index (χ1n) is 8.65. The van der Waals surface area contributed by atoms with Gasteiger partial charge in [0, 0.05) is 6.54 Å². The molecular weight excluding hydrogens is 350 g/mol. The lowest BCUT2D eigenvalue weighted by molar-refractivity contribution is -0.132. The van der Waals surface area contributed by atoms with E-state index in [-0.39, 0.29) is 17.2 Å². The monoisotopic (exact) mass is 377 g/mol. The van der Waals surface area contributed by atoms with Gasteiger partial charge in [0.25, 0.3) is 0 Å². The molecule has 0 atom stereocenters. The molecule has 1 aliphatic rings. The van der Waals surface area contributed by atoms with Crippen molar-refractivity contribution in [3.8, 4) is 5.75 Å². The molecule has 0 bridgehead atoms. The maximum absolute atomic E-state index is 11.6. The minimum atomic E-state index is -1.93. The van der Waals surface area contributed by atoms with Gasteiger partial charge in [-0.1, -0.05) is 32.9 Å². The molecule has 0 spiro atoms. The Bertz CT molecular complexity index is 731. The standard InChI is InChI=1S/C19H27NO5Si/c1-19(2,3)26(4,5)25-14-8-6-13(7-9-14)15-10-11-20(18(23)24)12-16(15)17(21)22/h6-9H,10-12H2,1-5H3,(H,21,22)(H,23,24). The van der Waals surface area contributed by atoms with E-state index in [9.17, 15) is 14.7 Å². The number of amides is 1. The molecule has 1 heterocycles. The van der Waals surface area contributed by atoms with Crippen LogP contribution in [0.25, 0.3) is 5.57 Å². The second-order valence-electron chi connectivity index (χ2n) is 8.10. The van der Waals surface area contributed by atoms with E-state index >= 15 is 0 Å². The number of carboxylic acid groups (broad SMARTS) is 2. The Morgan fingerprint density at radius 3 is 2.15 bits per heavy atom. The van der Waals surface area contributed by atoms with Crippen LogP contribution in [0, 0.1) is 0 Å². The van der Waals surface area contributed by atoms with E-state index < -0.39 is 20.4 Å². The molecule has 2 N–H and O–H groups in total. The smallest absolute Gasteiger partial charge is 0.407 e. The summed E-state index contributed by atoms with van der Waals surface area (Å²) in [5.74, 6) is -0.298. The highest BCUT2D eigenvalue weighted by molar-refractivity contribution is 6.74. The Kier molecular flexibility index (Phi) is 5.51. The van der Waals surface area contributed by atoms with Crippen LogP contribution in [-0.4, -0.2) is 48.6 Å². The first-order chi connectivity index (χ1) is 11.9. The minimum Gasteiger partial charge on any atom is -0.544 e. The van der Waals surface area contributed by atoms with Gasteiger partial charge in [-0.25, -0.2) is 9.59 Å². The van der Waals surface area contributed by atoms with E-state index in [0.717, 1.165) is 16.2 Å². The van der Waals surface area contributed by atoms with Crippen molar-refractivity contribution in [1.82, 2.24) is 4.90 Å². The molecule has 1 aromatic carbocycles. The molecule has 0 aromatic heterocycles. The molecule has 26 heavy (non-hydrogen) atoms. The third-order valence-electron chi connectivity index (χ3n) is 5.26. The predicted molar refractivity (Wildman–Crippen MR) is 103 cm³/mol. The molecule has 1 aliphatic heterocycles. The lowest BCUT2D eigenvalue weighted by Crippen LogP contribution is -2.43.